The van der Waals surface area contributed by atoms with E-state index in [2.05, 4.69) is 0 Å². The van der Waals surface area contributed by atoms with Crippen LogP contribution in [0.4, 0.5) is 0 Å². The van der Waals surface area contributed by atoms with Gasteiger partial charge in [-0.25, -0.2) is 0 Å². The maximum Gasteiger partial charge on any atom is 0.166 e. The minimum absolute atomic E-state index is 0.0684. The Morgan fingerprint density at radius 2 is 1.89 bits per heavy atom. The fraction of sp³-hybridized carbons (Fsp3) is 0.600. The van der Waals surface area contributed by atoms with Gasteiger partial charge in [0.15, 0.2) is 11.5 Å². The molecule has 2 rings (SSSR count). The van der Waals surface area contributed by atoms with Gasteiger partial charge in [0, 0.05) is 22.2 Å². The summed E-state index contributed by atoms with van der Waals surface area (Å²) < 4.78 is 11.3. The van der Waals surface area contributed by atoms with Crippen LogP contribution in [0.5, 0.6) is 11.5 Å². The van der Waals surface area contributed by atoms with Crippen LogP contribution >= 0.6 is 11.6 Å². The van der Waals surface area contributed by atoms with Crippen molar-refractivity contribution in [3.63, 3.8) is 0 Å². The molecule has 0 aliphatic heterocycles. The molecule has 0 radical (unpaired) electrons. The molecule has 1 saturated carbocycles. The number of halogens is 1. The van der Waals surface area contributed by atoms with Gasteiger partial charge in [0.05, 0.1) is 13.2 Å². The van der Waals surface area contributed by atoms with Crippen molar-refractivity contribution in [3.8, 4) is 11.5 Å². The minimum Gasteiger partial charge on any atom is -0.493 e. The second-order valence-electron chi connectivity index (χ2n) is 5.51. The molecule has 0 amide bonds. The lowest BCUT2D eigenvalue weighted by atomic mass is 9.88. The Hall–Kier alpha value is -0.930. The number of benzene rings is 1. The van der Waals surface area contributed by atoms with Gasteiger partial charge < -0.3 is 15.2 Å². The van der Waals surface area contributed by atoms with Gasteiger partial charge >= 0.3 is 0 Å². The molecule has 3 nitrogen and oxygen atoms in total. The zero-order valence-electron chi connectivity index (χ0n) is 11.8. The van der Waals surface area contributed by atoms with Crippen molar-refractivity contribution in [2.24, 2.45) is 5.73 Å². The van der Waals surface area contributed by atoms with Gasteiger partial charge in [-0.1, -0.05) is 24.4 Å². The van der Waals surface area contributed by atoms with E-state index in [0.29, 0.717) is 10.8 Å². The molecule has 1 aromatic carbocycles. The molecule has 4 heteroatoms. The van der Waals surface area contributed by atoms with Crippen molar-refractivity contribution < 1.29 is 9.47 Å². The number of ether oxygens (including phenoxy) is 2. The molecule has 1 aliphatic rings. The average Bonchev–Trinajstić information content (AvgIpc) is 2.78. The van der Waals surface area contributed by atoms with E-state index in [1.807, 2.05) is 19.9 Å². The third-order valence-corrected chi connectivity index (χ3v) is 3.84. The van der Waals surface area contributed by atoms with Crippen molar-refractivity contribution in [2.75, 3.05) is 7.11 Å². The maximum absolute atomic E-state index is 6.56. The summed E-state index contributed by atoms with van der Waals surface area (Å²) in [5, 5.41) is 0.639. The molecule has 0 spiro atoms. The highest BCUT2D eigenvalue weighted by Crippen LogP contribution is 2.46. The molecule has 1 aliphatic carbocycles. The van der Waals surface area contributed by atoms with Crippen LogP contribution in [0.2, 0.25) is 5.02 Å². The Morgan fingerprint density at radius 3 is 2.42 bits per heavy atom. The third kappa shape index (κ3) is 2.98. The number of methoxy groups -OCH3 is 1. The first kappa shape index (κ1) is 14.5. The monoisotopic (exact) mass is 283 g/mol. The van der Waals surface area contributed by atoms with Crippen molar-refractivity contribution in [3.05, 3.63) is 22.7 Å². The van der Waals surface area contributed by atoms with E-state index in [1.54, 1.807) is 13.2 Å². The van der Waals surface area contributed by atoms with E-state index in [1.165, 1.54) is 0 Å². The molecule has 106 valence electrons. The van der Waals surface area contributed by atoms with E-state index < -0.39 is 0 Å². The SMILES string of the molecule is COc1cc(Cl)cc(C2(N)CCCC2)c1OC(C)C. The van der Waals surface area contributed by atoms with Crippen LogP contribution in [0.3, 0.4) is 0 Å². The lowest BCUT2D eigenvalue weighted by molar-refractivity contribution is 0.222. The fourth-order valence-electron chi connectivity index (χ4n) is 2.72. The van der Waals surface area contributed by atoms with Gasteiger partial charge in [-0.05, 0) is 32.8 Å². The number of nitrogens with two attached hydrogens (primary N) is 1. The van der Waals surface area contributed by atoms with Crippen LogP contribution in [0.1, 0.15) is 45.1 Å². The summed E-state index contributed by atoms with van der Waals surface area (Å²) in [4.78, 5) is 0. The lowest BCUT2D eigenvalue weighted by Gasteiger charge is -2.28. The summed E-state index contributed by atoms with van der Waals surface area (Å²) in [6, 6.07) is 3.70. The van der Waals surface area contributed by atoms with Crippen LogP contribution < -0.4 is 15.2 Å². The first-order valence-electron chi connectivity index (χ1n) is 6.80. The standard InChI is InChI=1S/C15H22ClNO2/c1-10(2)19-14-12(15(17)6-4-5-7-15)8-11(16)9-13(14)18-3/h8-10H,4-7,17H2,1-3H3. The predicted octanol–water partition coefficient (Wildman–Crippen LogP) is 3.86. The van der Waals surface area contributed by atoms with E-state index in [4.69, 9.17) is 26.8 Å². The highest BCUT2D eigenvalue weighted by atomic mass is 35.5. The Kier molecular flexibility index (Phi) is 4.26. The molecule has 0 aromatic heterocycles. The minimum atomic E-state index is -0.345. The number of rotatable bonds is 4. The number of hydrogen-bond acceptors (Lipinski definition) is 3. The Labute approximate surface area is 120 Å². The number of hydrogen-bond donors (Lipinski definition) is 1. The van der Waals surface area contributed by atoms with Crippen LogP contribution in [-0.4, -0.2) is 13.2 Å². The topological polar surface area (TPSA) is 44.5 Å². The van der Waals surface area contributed by atoms with Crippen LogP contribution in [0.15, 0.2) is 12.1 Å². The zero-order valence-corrected chi connectivity index (χ0v) is 12.6. The summed E-state index contributed by atoms with van der Waals surface area (Å²) in [5.41, 5.74) is 7.19. The smallest absolute Gasteiger partial charge is 0.166 e. The molecule has 0 atom stereocenters. The van der Waals surface area contributed by atoms with E-state index in [0.717, 1.165) is 37.0 Å². The molecule has 0 bridgehead atoms. The van der Waals surface area contributed by atoms with Gasteiger partial charge in [0.2, 0.25) is 0 Å². The molecule has 1 fully saturated rings. The van der Waals surface area contributed by atoms with E-state index in [-0.39, 0.29) is 11.6 Å². The first-order chi connectivity index (χ1) is 8.96. The molecule has 1 aromatic rings. The summed E-state index contributed by atoms with van der Waals surface area (Å²) in [5.74, 6) is 1.40. The summed E-state index contributed by atoms with van der Waals surface area (Å²) >= 11 is 6.19. The van der Waals surface area contributed by atoms with Crippen molar-refractivity contribution in [1.29, 1.82) is 0 Å². The van der Waals surface area contributed by atoms with Gasteiger partial charge in [0.1, 0.15) is 0 Å². The van der Waals surface area contributed by atoms with E-state index in [9.17, 15) is 0 Å². The molecule has 0 saturated heterocycles. The van der Waals surface area contributed by atoms with E-state index >= 15 is 0 Å². The molecule has 19 heavy (non-hydrogen) atoms. The van der Waals surface area contributed by atoms with Gasteiger partial charge in [-0.2, -0.15) is 0 Å². The second kappa shape index (κ2) is 5.59. The second-order valence-corrected chi connectivity index (χ2v) is 5.95. The third-order valence-electron chi connectivity index (χ3n) is 3.63. The summed E-state index contributed by atoms with van der Waals surface area (Å²) in [6.45, 7) is 3.99. The molecule has 2 N–H and O–H groups in total. The largest absolute Gasteiger partial charge is 0.493 e. The fourth-order valence-corrected chi connectivity index (χ4v) is 2.93. The average molecular weight is 284 g/mol. The van der Waals surface area contributed by atoms with Crippen LogP contribution in [0, 0.1) is 0 Å². The van der Waals surface area contributed by atoms with Crippen LogP contribution in [0.25, 0.3) is 0 Å². The van der Waals surface area contributed by atoms with Crippen molar-refractivity contribution >= 4 is 11.6 Å². The van der Waals surface area contributed by atoms with Gasteiger partial charge in [-0.3, -0.25) is 0 Å². The quantitative estimate of drug-likeness (QED) is 0.912. The van der Waals surface area contributed by atoms with Gasteiger partial charge in [-0.15, -0.1) is 0 Å². The Balaban J connectivity index is 2.53. The van der Waals surface area contributed by atoms with Crippen LogP contribution in [-0.2, 0) is 5.54 Å². The maximum atomic E-state index is 6.56. The zero-order chi connectivity index (χ0) is 14.0. The summed E-state index contributed by atoms with van der Waals surface area (Å²) in [6.07, 6.45) is 4.29. The first-order valence-corrected chi connectivity index (χ1v) is 7.17. The highest BCUT2D eigenvalue weighted by molar-refractivity contribution is 6.30. The molecular formula is C15H22ClNO2. The Bertz CT molecular complexity index is 454. The molecule has 0 heterocycles. The predicted molar refractivity (Wildman–Crippen MR) is 78.1 cm³/mol. The highest BCUT2D eigenvalue weighted by Gasteiger charge is 2.35. The van der Waals surface area contributed by atoms with Gasteiger partial charge in [0.25, 0.3) is 0 Å². The molecular weight excluding hydrogens is 262 g/mol. The van der Waals surface area contributed by atoms with Crippen molar-refractivity contribution in [1.82, 2.24) is 0 Å². The normalized spacial score (nSPS) is 17.8. The summed E-state index contributed by atoms with van der Waals surface area (Å²) in [7, 11) is 1.63. The molecule has 0 unspecified atom stereocenters. The Morgan fingerprint density at radius 1 is 1.26 bits per heavy atom. The van der Waals surface area contributed by atoms with Crippen molar-refractivity contribution in [2.45, 2.75) is 51.2 Å². The lowest BCUT2D eigenvalue weighted by Crippen LogP contribution is -2.34.